The summed E-state index contributed by atoms with van der Waals surface area (Å²) >= 11 is 0. The average molecular weight is 284 g/mol. The molecule has 5 heteroatoms. The molecule has 20 heavy (non-hydrogen) atoms. The molecule has 0 radical (unpaired) electrons. The van der Waals surface area contributed by atoms with Gasteiger partial charge in [-0.15, -0.1) is 0 Å². The van der Waals surface area contributed by atoms with Crippen molar-refractivity contribution in [1.29, 1.82) is 0 Å². The molecule has 1 heterocycles. The van der Waals surface area contributed by atoms with E-state index < -0.39 is 17.8 Å². The Morgan fingerprint density at radius 2 is 1.60 bits per heavy atom. The topological polar surface area (TPSA) is 60.9 Å². The van der Waals surface area contributed by atoms with Crippen LogP contribution in [0.1, 0.15) is 40.5 Å². The van der Waals surface area contributed by atoms with Crippen molar-refractivity contribution >= 4 is 11.9 Å². The fraction of sp³-hybridized carbons (Fsp3) is 0.867. The molecular weight excluding hydrogens is 256 g/mol. The summed E-state index contributed by atoms with van der Waals surface area (Å²) in [5, 5.41) is 9.01. The first-order chi connectivity index (χ1) is 9.25. The normalized spacial score (nSPS) is 20.7. The summed E-state index contributed by atoms with van der Waals surface area (Å²) in [5.74, 6) is -2.07. The molecule has 0 aromatic heterocycles. The number of likely N-dealkylation sites (tertiary alicyclic amines) is 1. The standard InChI is InChI=1S/C15H28N2O3/c1-10(2)17-8-6-13(7-9-17)16(5)14(18)11(3)12(4)15(19)20/h10-13H,6-9H2,1-5H3,(H,19,20). The van der Waals surface area contributed by atoms with Crippen LogP contribution in [0.15, 0.2) is 0 Å². The predicted molar refractivity (Wildman–Crippen MR) is 78.5 cm³/mol. The lowest BCUT2D eigenvalue weighted by atomic mass is 9.93. The van der Waals surface area contributed by atoms with Crippen molar-refractivity contribution in [3.8, 4) is 0 Å². The molecule has 1 fully saturated rings. The molecule has 116 valence electrons. The van der Waals surface area contributed by atoms with Gasteiger partial charge in [0.1, 0.15) is 0 Å². The third-order valence-electron chi connectivity index (χ3n) is 4.65. The molecule has 1 amide bonds. The molecule has 1 N–H and O–H groups in total. The number of carbonyl (C=O) groups excluding carboxylic acids is 1. The highest BCUT2D eigenvalue weighted by molar-refractivity contribution is 5.84. The van der Waals surface area contributed by atoms with Gasteiger partial charge in [0, 0.05) is 38.1 Å². The summed E-state index contributed by atoms with van der Waals surface area (Å²) in [4.78, 5) is 27.5. The highest BCUT2D eigenvalue weighted by Gasteiger charge is 2.32. The Morgan fingerprint density at radius 3 is 2.00 bits per heavy atom. The van der Waals surface area contributed by atoms with Crippen LogP contribution in [0.25, 0.3) is 0 Å². The van der Waals surface area contributed by atoms with Crippen molar-refractivity contribution < 1.29 is 14.7 Å². The van der Waals surface area contributed by atoms with Gasteiger partial charge in [0.2, 0.25) is 5.91 Å². The van der Waals surface area contributed by atoms with Crippen molar-refractivity contribution in [1.82, 2.24) is 9.80 Å². The Morgan fingerprint density at radius 1 is 1.10 bits per heavy atom. The molecule has 0 spiro atoms. The van der Waals surface area contributed by atoms with Gasteiger partial charge in [0.15, 0.2) is 0 Å². The maximum Gasteiger partial charge on any atom is 0.307 e. The lowest BCUT2D eigenvalue weighted by Crippen LogP contribution is -2.49. The molecule has 0 saturated carbocycles. The Bertz CT molecular complexity index is 349. The number of hydrogen-bond acceptors (Lipinski definition) is 3. The van der Waals surface area contributed by atoms with E-state index in [9.17, 15) is 9.59 Å². The highest BCUT2D eigenvalue weighted by atomic mass is 16.4. The summed E-state index contributed by atoms with van der Waals surface area (Å²) in [6.45, 7) is 9.68. The Labute approximate surface area is 121 Å². The van der Waals surface area contributed by atoms with Crippen LogP contribution in [0.2, 0.25) is 0 Å². The van der Waals surface area contributed by atoms with E-state index in [0.717, 1.165) is 25.9 Å². The molecule has 1 rings (SSSR count). The van der Waals surface area contributed by atoms with E-state index in [1.165, 1.54) is 0 Å². The number of aliphatic carboxylic acids is 1. The zero-order valence-electron chi connectivity index (χ0n) is 13.3. The number of carbonyl (C=O) groups is 2. The van der Waals surface area contributed by atoms with Crippen LogP contribution in [0.4, 0.5) is 0 Å². The van der Waals surface area contributed by atoms with Crippen LogP contribution in [-0.2, 0) is 9.59 Å². The van der Waals surface area contributed by atoms with Crippen molar-refractivity contribution in [2.24, 2.45) is 11.8 Å². The fourth-order valence-electron chi connectivity index (χ4n) is 2.72. The van der Waals surface area contributed by atoms with Crippen LogP contribution in [-0.4, -0.2) is 59.0 Å². The van der Waals surface area contributed by atoms with E-state index in [4.69, 9.17) is 5.11 Å². The van der Waals surface area contributed by atoms with Gasteiger partial charge in [-0.05, 0) is 26.7 Å². The number of hydrogen-bond donors (Lipinski definition) is 1. The molecule has 1 saturated heterocycles. The van der Waals surface area contributed by atoms with Gasteiger partial charge < -0.3 is 14.9 Å². The van der Waals surface area contributed by atoms with Crippen LogP contribution >= 0.6 is 0 Å². The smallest absolute Gasteiger partial charge is 0.307 e. The second-order valence-electron chi connectivity index (χ2n) is 6.23. The molecule has 2 unspecified atom stereocenters. The zero-order valence-corrected chi connectivity index (χ0v) is 13.3. The minimum absolute atomic E-state index is 0.0529. The molecule has 5 nitrogen and oxygen atoms in total. The second-order valence-corrected chi connectivity index (χ2v) is 6.23. The summed E-state index contributed by atoms with van der Waals surface area (Å²) in [7, 11) is 1.81. The van der Waals surface area contributed by atoms with Crippen LogP contribution < -0.4 is 0 Å². The molecule has 0 aliphatic carbocycles. The van der Waals surface area contributed by atoms with E-state index in [1.54, 1.807) is 18.7 Å². The van der Waals surface area contributed by atoms with Crippen molar-refractivity contribution in [3.63, 3.8) is 0 Å². The van der Waals surface area contributed by atoms with Gasteiger partial charge >= 0.3 is 5.97 Å². The third-order valence-corrected chi connectivity index (χ3v) is 4.65. The van der Waals surface area contributed by atoms with Crippen molar-refractivity contribution in [2.75, 3.05) is 20.1 Å². The van der Waals surface area contributed by atoms with E-state index in [0.29, 0.717) is 6.04 Å². The molecular formula is C15H28N2O3. The first-order valence-corrected chi connectivity index (χ1v) is 7.49. The molecule has 0 bridgehead atoms. The first kappa shape index (κ1) is 17.0. The van der Waals surface area contributed by atoms with E-state index in [1.807, 2.05) is 7.05 Å². The minimum Gasteiger partial charge on any atom is -0.481 e. The predicted octanol–water partition coefficient (Wildman–Crippen LogP) is 1.67. The van der Waals surface area contributed by atoms with Gasteiger partial charge in [0.25, 0.3) is 0 Å². The lowest BCUT2D eigenvalue weighted by molar-refractivity contribution is -0.149. The summed E-state index contributed by atoms with van der Waals surface area (Å²) in [6.07, 6.45) is 1.93. The molecule has 2 atom stereocenters. The Kier molecular flexibility index (Phi) is 5.99. The van der Waals surface area contributed by atoms with Gasteiger partial charge in [-0.25, -0.2) is 0 Å². The third kappa shape index (κ3) is 3.95. The van der Waals surface area contributed by atoms with Gasteiger partial charge in [-0.3, -0.25) is 9.59 Å². The largest absolute Gasteiger partial charge is 0.481 e. The lowest BCUT2D eigenvalue weighted by Gasteiger charge is -2.39. The number of carboxylic acids is 1. The molecule has 0 aromatic rings. The van der Waals surface area contributed by atoms with Crippen LogP contribution in [0.5, 0.6) is 0 Å². The average Bonchev–Trinajstić information content (AvgIpc) is 2.44. The maximum absolute atomic E-state index is 12.4. The van der Waals surface area contributed by atoms with E-state index in [-0.39, 0.29) is 11.9 Å². The number of rotatable bonds is 5. The Balaban J connectivity index is 2.56. The Hall–Kier alpha value is -1.10. The van der Waals surface area contributed by atoms with Crippen LogP contribution in [0, 0.1) is 11.8 Å². The summed E-state index contributed by atoms with van der Waals surface area (Å²) in [5.41, 5.74) is 0. The number of piperidine rings is 1. The number of carboxylic acid groups (broad SMARTS) is 1. The molecule has 1 aliphatic rings. The summed E-state index contributed by atoms with van der Waals surface area (Å²) < 4.78 is 0. The van der Waals surface area contributed by atoms with Gasteiger partial charge in [0.05, 0.1) is 5.92 Å². The number of amides is 1. The van der Waals surface area contributed by atoms with E-state index >= 15 is 0 Å². The SMILES string of the molecule is CC(C(=O)O)C(C)C(=O)N(C)C1CCN(C(C)C)CC1. The minimum atomic E-state index is -0.908. The van der Waals surface area contributed by atoms with Gasteiger partial charge in [-0.2, -0.15) is 0 Å². The van der Waals surface area contributed by atoms with Crippen molar-refractivity contribution in [3.05, 3.63) is 0 Å². The zero-order chi connectivity index (χ0) is 15.4. The van der Waals surface area contributed by atoms with Gasteiger partial charge in [-0.1, -0.05) is 13.8 Å². The number of nitrogens with zero attached hydrogens (tertiary/aromatic N) is 2. The van der Waals surface area contributed by atoms with Crippen molar-refractivity contribution in [2.45, 2.75) is 52.6 Å². The molecule has 1 aliphatic heterocycles. The maximum atomic E-state index is 12.4. The summed E-state index contributed by atoms with van der Waals surface area (Å²) in [6, 6.07) is 0.781. The highest BCUT2D eigenvalue weighted by Crippen LogP contribution is 2.21. The molecule has 0 aromatic carbocycles. The van der Waals surface area contributed by atoms with Crippen LogP contribution in [0.3, 0.4) is 0 Å². The first-order valence-electron chi connectivity index (χ1n) is 7.49. The van der Waals surface area contributed by atoms with E-state index in [2.05, 4.69) is 18.7 Å². The fourth-order valence-corrected chi connectivity index (χ4v) is 2.72. The second kappa shape index (κ2) is 7.07. The monoisotopic (exact) mass is 284 g/mol. The quantitative estimate of drug-likeness (QED) is 0.834.